The van der Waals surface area contributed by atoms with Crippen molar-refractivity contribution in [2.75, 3.05) is 59.5 Å². The van der Waals surface area contributed by atoms with E-state index in [0.29, 0.717) is 5.41 Å². The van der Waals surface area contributed by atoms with Gasteiger partial charge in [-0.15, -0.1) is 0 Å². The van der Waals surface area contributed by atoms with Crippen LogP contribution in [-0.2, 0) is 4.74 Å². The van der Waals surface area contributed by atoms with Gasteiger partial charge in [-0.1, -0.05) is 13.8 Å². The van der Waals surface area contributed by atoms with Crippen LogP contribution in [0.2, 0.25) is 0 Å². The number of likely N-dealkylation sites (N-methyl/N-ethyl adjacent to an activating group) is 1. The fraction of sp³-hybridized carbons (Fsp3) is 1.00. The third kappa shape index (κ3) is 3.94. The molecule has 0 aromatic heterocycles. The van der Waals surface area contributed by atoms with Crippen molar-refractivity contribution in [2.45, 2.75) is 39.2 Å². The predicted molar refractivity (Wildman–Crippen MR) is 84.2 cm³/mol. The van der Waals surface area contributed by atoms with Gasteiger partial charge < -0.3 is 15.0 Å². The summed E-state index contributed by atoms with van der Waals surface area (Å²) in [6.07, 6.45) is 3.85. The Kier molecular flexibility index (Phi) is 6.27. The van der Waals surface area contributed by atoms with Crippen LogP contribution in [0.25, 0.3) is 0 Å². The summed E-state index contributed by atoms with van der Waals surface area (Å²) in [5.41, 5.74) is 0.387. The van der Waals surface area contributed by atoms with Crippen LogP contribution in [0, 0.1) is 5.41 Å². The molecule has 0 aromatic carbocycles. The predicted octanol–water partition coefficient (Wildman–Crippen LogP) is 1.42. The van der Waals surface area contributed by atoms with E-state index >= 15 is 0 Å². The van der Waals surface area contributed by atoms with Crippen LogP contribution in [0.15, 0.2) is 0 Å². The lowest BCUT2D eigenvalue weighted by Gasteiger charge is -2.40. The molecule has 0 amide bonds. The van der Waals surface area contributed by atoms with Gasteiger partial charge in [-0.25, -0.2) is 0 Å². The molecule has 2 aliphatic heterocycles. The van der Waals surface area contributed by atoms with E-state index in [1.54, 1.807) is 0 Å². The summed E-state index contributed by atoms with van der Waals surface area (Å²) < 4.78 is 5.55. The first kappa shape index (κ1) is 16.2. The standard InChI is InChI=1S/C16H33N3O/c1-4-19(5-2)15-6-11-18(12-15)13-16(14-20-3)7-9-17-10-8-16/h15,17H,4-14H2,1-3H3. The molecule has 4 nitrogen and oxygen atoms in total. The fourth-order valence-electron chi connectivity index (χ4n) is 4.08. The molecule has 2 aliphatic rings. The summed E-state index contributed by atoms with van der Waals surface area (Å²) >= 11 is 0. The van der Waals surface area contributed by atoms with Crippen molar-refractivity contribution in [1.29, 1.82) is 0 Å². The van der Waals surface area contributed by atoms with E-state index in [2.05, 4.69) is 29.0 Å². The summed E-state index contributed by atoms with van der Waals surface area (Å²) in [7, 11) is 1.85. The van der Waals surface area contributed by atoms with Gasteiger partial charge in [0.15, 0.2) is 0 Å². The number of hydrogen-bond acceptors (Lipinski definition) is 4. The number of hydrogen-bond donors (Lipinski definition) is 1. The zero-order valence-corrected chi connectivity index (χ0v) is 13.7. The van der Waals surface area contributed by atoms with E-state index in [0.717, 1.165) is 25.7 Å². The summed E-state index contributed by atoms with van der Waals surface area (Å²) in [6.45, 7) is 13.9. The topological polar surface area (TPSA) is 27.7 Å². The van der Waals surface area contributed by atoms with Crippen molar-refractivity contribution >= 4 is 0 Å². The lowest BCUT2D eigenvalue weighted by atomic mass is 9.79. The molecule has 118 valence electrons. The Balaban J connectivity index is 1.88. The zero-order valence-electron chi connectivity index (χ0n) is 13.7. The van der Waals surface area contributed by atoms with Gasteiger partial charge in [0.25, 0.3) is 0 Å². The lowest BCUT2D eigenvalue weighted by Crippen LogP contribution is -2.47. The second-order valence-electron chi connectivity index (χ2n) is 6.58. The quantitative estimate of drug-likeness (QED) is 0.765. The average Bonchev–Trinajstić information content (AvgIpc) is 2.89. The second-order valence-corrected chi connectivity index (χ2v) is 6.58. The number of ether oxygens (including phenoxy) is 1. The number of nitrogens with zero attached hydrogens (tertiary/aromatic N) is 2. The van der Waals surface area contributed by atoms with E-state index in [4.69, 9.17) is 4.74 Å². The van der Waals surface area contributed by atoms with Gasteiger partial charge in [-0.2, -0.15) is 0 Å². The van der Waals surface area contributed by atoms with Crippen LogP contribution < -0.4 is 5.32 Å². The van der Waals surface area contributed by atoms with E-state index in [-0.39, 0.29) is 0 Å². The maximum absolute atomic E-state index is 5.55. The molecule has 1 N–H and O–H groups in total. The normalized spacial score (nSPS) is 27.3. The summed E-state index contributed by atoms with van der Waals surface area (Å²) in [5, 5.41) is 3.49. The number of rotatable bonds is 7. The molecule has 0 radical (unpaired) electrons. The summed E-state index contributed by atoms with van der Waals surface area (Å²) in [6, 6.07) is 0.770. The summed E-state index contributed by atoms with van der Waals surface area (Å²) in [4.78, 5) is 5.30. The Hall–Kier alpha value is -0.160. The van der Waals surface area contributed by atoms with Crippen molar-refractivity contribution in [3.8, 4) is 0 Å². The Morgan fingerprint density at radius 1 is 1.25 bits per heavy atom. The molecule has 0 saturated carbocycles. The molecule has 0 bridgehead atoms. The number of piperidine rings is 1. The number of methoxy groups -OCH3 is 1. The maximum Gasteiger partial charge on any atom is 0.0531 e. The lowest BCUT2D eigenvalue weighted by molar-refractivity contribution is 0.0263. The molecule has 0 aliphatic carbocycles. The number of nitrogens with one attached hydrogen (secondary N) is 1. The van der Waals surface area contributed by atoms with Crippen molar-refractivity contribution < 1.29 is 4.74 Å². The third-order valence-corrected chi connectivity index (χ3v) is 5.25. The Labute approximate surface area is 124 Å². The molecule has 2 heterocycles. The Bertz CT molecular complexity index is 269. The highest BCUT2D eigenvalue weighted by atomic mass is 16.5. The zero-order chi connectivity index (χ0) is 14.4. The smallest absolute Gasteiger partial charge is 0.0531 e. The molecule has 2 saturated heterocycles. The van der Waals surface area contributed by atoms with Crippen LogP contribution in [0.1, 0.15) is 33.1 Å². The summed E-state index contributed by atoms with van der Waals surface area (Å²) in [5.74, 6) is 0. The highest BCUT2D eigenvalue weighted by molar-refractivity contribution is 4.91. The molecule has 2 fully saturated rings. The first-order valence-corrected chi connectivity index (χ1v) is 8.39. The first-order valence-electron chi connectivity index (χ1n) is 8.39. The minimum Gasteiger partial charge on any atom is -0.384 e. The molecule has 0 aromatic rings. The minimum atomic E-state index is 0.387. The monoisotopic (exact) mass is 283 g/mol. The Morgan fingerprint density at radius 2 is 1.95 bits per heavy atom. The van der Waals surface area contributed by atoms with Crippen LogP contribution in [0.3, 0.4) is 0 Å². The third-order valence-electron chi connectivity index (χ3n) is 5.25. The van der Waals surface area contributed by atoms with Gasteiger partial charge in [0.1, 0.15) is 0 Å². The van der Waals surface area contributed by atoms with Gasteiger partial charge in [-0.3, -0.25) is 4.90 Å². The van der Waals surface area contributed by atoms with Gasteiger partial charge in [0.2, 0.25) is 0 Å². The van der Waals surface area contributed by atoms with Crippen LogP contribution in [-0.4, -0.2) is 75.4 Å². The van der Waals surface area contributed by atoms with Crippen molar-refractivity contribution in [3.05, 3.63) is 0 Å². The second kappa shape index (κ2) is 7.74. The fourth-order valence-corrected chi connectivity index (χ4v) is 4.08. The van der Waals surface area contributed by atoms with E-state index in [1.807, 2.05) is 7.11 Å². The van der Waals surface area contributed by atoms with E-state index in [9.17, 15) is 0 Å². The van der Waals surface area contributed by atoms with Gasteiger partial charge >= 0.3 is 0 Å². The first-order chi connectivity index (χ1) is 9.73. The van der Waals surface area contributed by atoms with Crippen molar-refractivity contribution in [1.82, 2.24) is 15.1 Å². The van der Waals surface area contributed by atoms with Crippen LogP contribution >= 0.6 is 0 Å². The van der Waals surface area contributed by atoms with Crippen molar-refractivity contribution in [3.63, 3.8) is 0 Å². The number of likely N-dealkylation sites (tertiary alicyclic amines) is 1. The van der Waals surface area contributed by atoms with E-state index in [1.165, 1.54) is 52.0 Å². The van der Waals surface area contributed by atoms with Crippen LogP contribution in [0.5, 0.6) is 0 Å². The molecule has 0 spiro atoms. The van der Waals surface area contributed by atoms with Crippen LogP contribution in [0.4, 0.5) is 0 Å². The largest absolute Gasteiger partial charge is 0.384 e. The SMILES string of the molecule is CCN(CC)C1CCN(CC2(COC)CCNCC2)C1. The maximum atomic E-state index is 5.55. The van der Waals surface area contributed by atoms with Crippen molar-refractivity contribution in [2.24, 2.45) is 5.41 Å². The molecular weight excluding hydrogens is 250 g/mol. The highest BCUT2D eigenvalue weighted by Gasteiger charge is 2.36. The minimum absolute atomic E-state index is 0.387. The molecular formula is C16H33N3O. The molecule has 1 atom stereocenters. The molecule has 2 rings (SSSR count). The van der Waals surface area contributed by atoms with E-state index < -0.39 is 0 Å². The van der Waals surface area contributed by atoms with Gasteiger partial charge in [-0.05, 0) is 52.0 Å². The van der Waals surface area contributed by atoms with Gasteiger partial charge in [0, 0.05) is 31.7 Å². The van der Waals surface area contributed by atoms with Gasteiger partial charge in [0.05, 0.1) is 6.61 Å². The molecule has 1 unspecified atom stereocenters. The average molecular weight is 283 g/mol. The Morgan fingerprint density at radius 3 is 2.55 bits per heavy atom. The molecule has 4 heteroatoms. The highest BCUT2D eigenvalue weighted by Crippen LogP contribution is 2.32. The molecule has 20 heavy (non-hydrogen) atoms.